The fraction of sp³-hybridized carbons (Fsp3) is 0.462. The topological polar surface area (TPSA) is 63.2 Å². The summed E-state index contributed by atoms with van der Waals surface area (Å²) in [6.07, 6.45) is -4.88. The third-order valence-electron chi connectivity index (χ3n) is 3.27. The molecule has 1 N–H and O–H groups in total. The van der Waals surface area contributed by atoms with Crippen LogP contribution in [0.2, 0.25) is 0 Å². The van der Waals surface area contributed by atoms with E-state index < -0.39 is 39.0 Å². The van der Waals surface area contributed by atoms with Crippen molar-refractivity contribution in [3.05, 3.63) is 35.4 Å². The average Bonchev–Trinajstić information content (AvgIpc) is 2.36. The first kappa shape index (κ1) is 16.0. The summed E-state index contributed by atoms with van der Waals surface area (Å²) in [6.45, 7) is 0.210. The van der Waals surface area contributed by atoms with Crippen molar-refractivity contribution in [3.8, 4) is 0 Å². The Morgan fingerprint density at radius 1 is 1.29 bits per heavy atom. The lowest BCUT2D eigenvalue weighted by Crippen LogP contribution is -2.46. The van der Waals surface area contributed by atoms with Gasteiger partial charge in [-0.2, -0.15) is 13.2 Å². The number of carbonyl (C=O) groups is 1. The molecular formula is C13H14F3NO3S. The van der Waals surface area contributed by atoms with Crippen LogP contribution in [0.25, 0.3) is 0 Å². The van der Waals surface area contributed by atoms with Gasteiger partial charge in [-0.1, -0.05) is 18.2 Å². The van der Waals surface area contributed by atoms with Gasteiger partial charge in [0.1, 0.15) is 0 Å². The molecule has 116 valence electrons. The normalized spacial score (nSPS) is 22.0. The summed E-state index contributed by atoms with van der Waals surface area (Å²) in [5.74, 6) is -0.957. The molecule has 1 unspecified atom stereocenters. The van der Waals surface area contributed by atoms with Gasteiger partial charge in [-0.3, -0.25) is 4.79 Å². The molecule has 1 atom stereocenters. The van der Waals surface area contributed by atoms with E-state index in [2.05, 4.69) is 5.32 Å². The van der Waals surface area contributed by atoms with Gasteiger partial charge >= 0.3 is 6.18 Å². The van der Waals surface area contributed by atoms with Gasteiger partial charge in [0.05, 0.1) is 17.1 Å². The number of hydrogen-bond donors (Lipinski definition) is 1. The van der Waals surface area contributed by atoms with E-state index >= 15 is 0 Å². The van der Waals surface area contributed by atoms with Crippen LogP contribution in [-0.4, -0.2) is 38.3 Å². The largest absolute Gasteiger partial charge is 0.417 e. The fourth-order valence-corrected chi connectivity index (χ4v) is 3.75. The lowest BCUT2D eigenvalue weighted by atomic mass is 9.99. The lowest BCUT2D eigenvalue weighted by molar-refractivity contribution is -0.137. The van der Waals surface area contributed by atoms with Gasteiger partial charge in [0.25, 0.3) is 0 Å². The van der Waals surface area contributed by atoms with E-state index in [1.54, 1.807) is 0 Å². The van der Waals surface area contributed by atoms with E-state index in [1.807, 2.05) is 0 Å². The van der Waals surface area contributed by atoms with E-state index in [0.717, 1.165) is 12.1 Å². The summed E-state index contributed by atoms with van der Waals surface area (Å²) in [7, 11) is -3.24. The predicted molar refractivity (Wildman–Crippen MR) is 70.8 cm³/mol. The molecule has 1 heterocycles. The number of nitrogens with one attached hydrogen (secondary N) is 1. The first-order valence-corrected chi connectivity index (χ1v) is 8.14. The van der Waals surface area contributed by atoms with Crippen molar-refractivity contribution in [3.63, 3.8) is 0 Å². The highest BCUT2D eigenvalue weighted by Gasteiger charge is 2.35. The second-order valence-corrected chi connectivity index (χ2v) is 7.16. The first-order valence-electron chi connectivity index (χ1n) is 6.32. The number of alkyl halides is 3. The SMILES string of the molecule is O=C(CC1CS(=O)(=O)CCN1)c1ccccc1C(F)(F)F. The first-order chi connectivity index (χ1) is 9.69. The number of hydrogen-bond acceptors (Lipinski definition) is 4. The molecule has 0 aliphatic carbocycles. The van der Waals surface area contributed by atoms with Crippen molar-refractivity contribution < 1.29 is 26.4 Å². The van der Waals surface area contributed by atoms with Gasteiger partial charge in [-0.05, 0) is 6.07 Å². The molecule has 0 saturated carbocycles. The van der Waals surface area contributed by atoms with Gasteiger partial charge in [0.2, 0.25) is 0 Å². The van der Waals surface area contributed by atoms with Crippen molar-refractivity contribution in [2.75, 3.05) is 18.1 Å². The Hall–Kier alpha value is -1.41. The minimum absolute atomic E-state index is 0.0170. The molecule has 1 aromatic rings. The van der Waals surface area contributed by atoms with Crippen LogP contribution in [0.15, 0.2) is 24.3 Å². The summed E-state index contributed by atoms with van der Waals surface area (Å²) in [5.41, 5.74) is -1.41. The van der Waals surface area contributed by atoms with Crippen LogP contribution in [-0.2, 0) is 16.0 Å². The maximum Gasteiger partial charge on any atom is 0.417 e. The molecular weight excluding hydrogens is 307 g/mol. The van der Waals surface area contributed by atoms with Gasteiger partial charge in [-0.25, -0.2) is 8.42 Å². The highest BCUT2D eigenvalue weighted by atomic mass is 32.2. The predicted octanol–water partition coefficient (Wildman–Crippen LogP) is 1.66. The molecule has 2 rings (SSSR count). The zero-order valence-electron chi connectivity index (χ0n) is 11.0. The minimum Gasteiger partial charge on any atom is -0.312 e. The number of sulfone groups is 1. The smallest absolute Gasteiger partial charge is 0.312 e. The van der Waals surface area contributed by atoms with Gasteiger partial charge < -0.3 is 5.32 Å². The van der Waals surface area contributed by atoms with Gasteiger partial charge in [-0.15, -0.1) is 0 Å². The molecule has 0 aromatic heterocycles. The quantitative estimate of drug-likeness (QED) is 0.860. The number of Topliss-reactive ketones (excluding diaryl/α,β-unsaturated/α-hetero) is 1. The molecule has 0 spiro atoms. The molecule has 1 aromatic carbocycles. The molecule has 1 fully saturated rings. The zero-order valence-corrected chi connectivity index (χ0v) is 11.8. The summed E-state index contributed by atoms with van der Waals surface area (Å²) in [5, 5.41) is 2.85. The number of rotatable bonds is 3. The molecule has 0 radical (unpaired) electrons. The summed E-state index contributed by atoms with van der Waals surface area (Å²) in [6, 6.07) is 3.88. The van der Waals surface area contributed by atoms with Crippen molar-refractivity contribution in [1.82, 2.24) is 5.32 Å². The Morgan fingerprint density at radius 2 is 1.95 bits per heavy atom. The molecule has 21 heavy (non-hydrogen) atoms. The Labute approximate surface area is 120 Å². The summed E-state index contributed by atoms with van der Waals surface area (Å²) >= 11 is 0. The maximum atomic E-state index is 12.8. The standard InChI is InChI=1S/C13H14F3NO3S/c14-13(15,16)11-4-2-1-3-10(11)12(18)7-9-8-21(19,20)6-5-17-9/h1-4,9,17H,5-8H2. The molecule has 4 nitrogen and oxygen atoms in total. The van der Waals surface area contributed by atoms with Crippen LogP contribution >= 0.6 is 0 Å². The Morgan fingerprint density at radius 3 is 2.57 bits per heavy atom. The van der Waals surface area contributed by atoms with Crippen LogP contribution < -0.4 is 5.32 Å². The molecule has 8 heteroatoms. The molecule has 0 amide bonds. The van der Waals surface area contributed by atoms with E-state index in [9.17, 15) is 26.4 Å². The number of benzene rings is 1. The zero-order chi connectivity index (χ0) is 15.7. The van der Waals surface area contributed by atoms with Crippen LogP contribution in [0.5, 0.6) is 0 Å². The third-order valence-corrected chi connectivity index (χ3v) is 5.00. The average molecular weight is 321 g/mol. The third kappa shape index (κ3) is 4.04. The maximum absolute atomic E-state index is 12.8. The van der Waals surface area contributed by atoms with Crippen LogP contribution in [0.1, 0.15) is 22.3 Å². The number of halogens is 3. The van der Waals surface area contributed by atoms with Gasteiger partial charge in [0, 0.05) is 24.6 Å². The second kappa shape index (κ2) is 5.76. The van der Waals surface area contributed by atoms with E-state index in [1.165, 1.54) is 12.1 Å². The Balaban J connectivity index is 2.18. The molecule has 1 saturated heterocycles. The van der Waals surface area contributed by atoms with Crippen molar-refractivity contribution in [2.45, 2.75) is 18.6 Å². The van der Waals surface area contributed by atoms with Crippen LogP contribution in [0.3, 0.4) is 0 Å². The monoisotopic (exact) mass is 321 g/mol. The van der Waals surface area contributed by atoms with E-state index in [0.29, 0.717) is 0 Å². The lowest BCUT2D eigenvalue weighted by Gasteiger charge is -2.23. The minimum atomic E-state index is -4.61. The van der Waals surface area contributed by atoms with E-state index in [4.69, 9.17) is 0 Å². The summed E-state index contributed by atoms with van der Waals surface area (Å²) < 4.78 is 61.5. The highest BCUT2D eigenvalue weighted by molar-refractivity contribution is 7.91. The van der Waals surface area contributed by atoms with Crippen LogP contribution in [0.4, 0.5) is 13.2 Å². The second-order valence-electron chi connectivity index (χ2n) is 4.94. The van der Waals surface area contributed by atoms with Crippen molar-refractivity contribution >= 4 is 15.6 Å². The van der Waals surface area contributed by atoms with Gasteiger partial charge in [0.15, 0.2) is 15.6 Å². The molecule has 1 aliphatic rings. The van der Waals surface area contributed by atoms with Crippen molar-refractivity contribution in [1.29, 1.82) is 0 Å². The Bertz CT molecular complexity index is 640. The Kier molecular flexibility index (Phi) is 4.38. The van der Waals surface area contributed by atoms with E-state index in [-0.39, 0.29) is 24.5 Å². The van der Waals surface area contributed by atoms with Crippen molar-refractivity contribution in [2.24, 2.45) is 0 Å². The highest BCUT2D eigenvalue weighted by Crippen LogP contribution is 2.32. The fourth-order valence-electron chi connectivity index (χ4n) is 2.31. The number of ketones is 1. The molecule has 0 bridgehead atoms. The number of carbonyl (C=O) groups excluding carboxylic acids is 1. The summed E-state index contributed by atoms with van der Waals surface area (Å²) in [4.78, 5) is 12.1. The molecule has 1 aliphatic heterocycles. The van der Waals surface area contributed by atoms with Crippen LogP contribution in [0, 0.1) is 0 Å².